The Kier molecular flexibility index (Phi) is 6.94. The number of nitrogens with zero attached hydrogens (tertiary/aromatic N) is 2. The molecule has 0 radical (unpaired) electrons. The van der Waals surface area contributed by atoms with E-state index in [4.69, 9.17) is 32.7 Å². The number of allylic oxidation sites excluding steroid dienone is 1. The van der Waals surface area contributed by atoms with E-state index in [0.717, 1.165) is 27.7 Å². The van der Waals surface area contributed by atoms with Gasteiger partial charge in [0.2, 0.25) is 0 Å². The van der Waals surface area contributed by atoms with Gasteiger partial charge in [0.1, 0.15) is 18.5 Å². The summed E-state index contributed by atoms with van der Waals surface area (Å²) in [6.45, 7) is 2.29. The maximum Gasteiger partial charge on any atom is 0.175 e. The third-order valence-electron chi connectivity index (χ3n) is 4.94. The van der Waals surface area contributed by atoms with E-state index < -0.39 is 0 Å². The van der Waals surface area contributed by atoms with E-state index in [0.29, 0.717) is 37.4 Å². The Morgan fingerprint density at radius 1 is 1.15 bits per heavy atom. The number of hydrogen-bond donors (Lipinski definition) is 1. The number of rotatable bonds is 6. The van der Waals surface area contributed by atoms with Crippen molar-refractivity contribution in [3.63, 3.8) is 0 Å². The first-order chi connectivity index (χ1) is 15.9. The first-order valence-corrected chi connectivity index (χ1v) is 11.5. The van der Waals surface area contributed by atoms with Crippen LogP contribution >= 0.6 is 39.1 Å². The van der Waals surface area contributed by atoms with Crippen LogP contribution in [0.15, 0.2) is 53.0 Å². The zero-order valence-electron chi connectivity index (χ0n) is 17.7. The van der Waals surface area contributed by atoms with Gasteiger partial charge in [-0.05, 0) is 82.0 Å². The van der Waals surface area contributed by atoms with Gasteiger partial charge in [0.15, 0.2) is 11.5 Å². The van der Waals surface area contributed by atoms with Crippen LogP contribution in [0, 0.1) is 18.3 Å². The van der Waals surface area contributed by atoms with E-state index in [2.05, 4.69) is 32.0 Å². The standard InChI is InChI=1S/C25H18BrCl2N3O2/c1-14-3-6-21-22(7-14)31-25(30-21)17(12-29)8-16-9-18(26)24(23(11-16)32-2)33-13-15-4-5-19(27)20(28)10-15/h3-11H,13H2,1-2H3,(H,30,31)/b17-8-. The summed E-state index contributed by atoms with van der Waals surface area (Å²) in [5.41, 5.74) is 4.84. The molecule has 0 saturated carbocycles. The summed E-state index contributed by atoms with van der Waals surface area (Å²) >= 11 is 15.6. The Morgan fingerprint density at radius 2 is 1.97 bits per heavy atom. The Morgan fingerprint density at radius 3 is 2.70 bits per heavy atom. The van der Waals surface area contributed by atoms with Crippen LogP contribution < -0.4 is 9.47 Å². The smallest absolute Gasteiger partial charge is 0.175 e. The van der Waals surface area contributed by atoms with Crippen molar-refractivity contribution in [2.75, 3.05) is 7.11 Å². The highest BCUT2D eigenvalue weighted by atomic mass is 79.9. The van der Waals surface area contributed by atoms with Gasteiger partial charge in [-0.3, -0.25) is 0 Å². The molecule has 0 aliphatic heterocycles. The highest BCUT2D eigenvalue weighted by Crippen LogP contribution is 2.38. The van der Waals surface area contributed by atoms with Crippen molar-refractivity contribution in [2.45, 2.75) is 13.5 Å². The molecule has 0 bridgehead atoms. The van der Waals surface area contributed by atoms with E-state index >= 15 is 0 Å². The number of hydrogen-bond acceptors (Lipinski definition) is 4. The highest BCUT2D eigenvalue weighted by Gasteiger charge is 2.14. The van der Waals surface area contributed by atoms with Crippen LogP contribution in [0.25, 0.3) is 22.7 Å². The zero-order chi connectivity index (χ0) is 23.5. The van der Waals surface area contributed by atoms with E-state index in [1.165, 1.54) is 0 Å². The van der Waals surface area contributed by atoms with Crippen LogP contribution in [0.3, 0.4) is 0 Å². The van der Waals surface area contributed by atoms with Crippen molar-refractivity contribution < 1.29 is 9.47 Å². The summed E-state index contributed by atoms with van der Waals surface area (Å²) in [7, 11) is 1.56. The molecule has 1 heterocycles. The fraction of sp³-hybridized carbons (Fsp3) is 0.120. The van der Waals surface area contributed by atoms with Crippen LogP contribution in [0.1, 0.15) is 22.5 Å². The molecule has 1 N–H and O–H groups in total. The number of nitriles is 1. The van der Waals surface area contributed by atoms with Crippen molar-refractivity contribution in [1.82, 2.24) is 9.97 Å². The molecule has 4 aromatic rings. The van der Waals surface area contributed by atoms with E-state index in [9.17, 15) is 5.26 Å². The zero-order valence-corrected chi connectivity index (χ0v) is 20.8. The van der Waals surface area contributed by atoms with Gasteiger partial charge in [0.25, 0.3) is 0 Å². The molecule has 5 nitrogen and oxygen atoms in total. The number of nitrogens with one attached hydrogen (secondary N) is 1. The summed E-state index contributed by atoms with van der Waals surface area (Å²) in [6, 6.07) is 17.1. The SMILES string of the molecule is COc1cc(/C=C(/C#N)c2nc3ccc(C)cc3[nH]2)cc(Br)c1OCc1ccc(Cl)c(Cl)c1. The van der Waals surface area contributed by atoms with E-state index in [1.807, 2.05) is 37.3 Å². The van der Waals surface area contributed by atoms with Crippen LogP contribution in [-0.2, 0) is 6.61 Å². The predicted molar refractivity (Wildman–Crippen MR) is 136 cm³/mol. The molecule has 0 atom stereocenters. The minimum Gasteiger partial charge on any atom is -0.493 e. The number of fused-ring (bicyclic) bond motifs is 1. The summed E-state index contributed by atoms with van der Waals surface area (Å²) in [6.07, 6.45) is 1.75. The third-order valence-corrected chi connectivity index (χ3v) is 6.27. The summed E-state index contributed by atoms with van der Waals surface area (Å²) in [5.74, 6) is 1.57. The lowest BCUT2D eigenvalue weighted by Gasteiger charge is -2.14. The third kappa shape index (κ3) is 5.17. The fourth-order valence-electron chi connectivity index (χ4n) is 3.32. The highest BCUT2D eigenvalue weighted by molar-refractivity contribution is 9.10. The average Bonchev–Trinajstić information content (AvgIpc) is 3.21. The van der Waals surface area contributed by atoms with E-state index in [-0.39, 0.29) is 6.61 Å². The van der Waals surface area contributed by atoms with Gasteiger partial charge < -0.3 is 14.5 Å². The molecule has 0 unspecified atom stereocenters. The number of halogens is 3. The number of ether oxygens (including phenoxy) is 2. The maximum absolute atomic E-state index is 9.76. The predicted octanol–water partition coefficient (Wildman–Crippen LogP) is 7.59. The number of aromatic amines is 1. The molecule has 0 aliphatic rings. The molecule has 166 valence electrons. The molecule has 0 saturated heterocycles. The van der Waals surface area contributed by atoms with Crippen LogP contribution in [0.2, 0.25) is 10.0 Å². The number of aromatic nitrogens is 2. The number of aryl methyl sites for hydroxylation is 1. The van der Waals surface area contributed by atoms with Crippen molar-refractivity contribution in [1.29, 1.82) is 5.26 Å². The number of H-pyrrole nitrogens is 1. The summed E-state index contributed by atoms with van der Waals surface area (Å²) in [4.78, 5) is 7.77. The lowest BCUT2D eigenvalue weighted by molar-refractivity contribution is 0.282. The molecule has 8 heteroatoms. The molecule has 0 aliphatic carbocycles. The first-order valence-electron chi connectivity index (χ1n) is 9.90. The van der Waals surface area contributed by atoms with Crippen molar-refractivity contribution >= 4 is 61.8 Å². The van der Waals surface area contributed by atoms with Crippen molar-refractivity contribution in [3.8, 4) is 17.6 Å². The minimum absolute atomic E-state index is 0.281. The second-order valence-corrected chi connectivity index (χ2v) is 9.02. The molecule has 33 heavy (non-hydrogen) atoms. The summed E-state index contributed by atoms with van der Waals surface area (Å²) < 4.78 is 12.2. The largest absolute Gasteiger partial charge is 0.493 e. The summed E-state index contributed by atoms with van der Waals surface area (Å²) in [5, 5.41) is 10.7. The topological polar surface area (TPSA) is 70.9 Å². The number of benzene rings is 3. The monoisotopic (exact) mass is 541 g/mol. The van der Waals surface area contributed by atoms with Gasteiger partial charge in [0, 0.05) is 0 Å². The van der Waals surface area contributed by atoms with Crippen molar-refractivity contribution in [2.24, 2.45) is 0 Å². The van der Waals surface area contributed by atoms with Crippen molar-refractivity contribution in [3.05, 3.63) is 85.6 Å². The van der Waals surface area contributed by atoms with Gasteiger partial charge in [-0.2, -0.15) is 5.26 Å². The molecule has 1 aromatic heterocycles. The Bertz CT molecular complexity index is 1420. The average molecular weight is 543 g/mol. The molecule has 0 fully saturated rings. The van der Waals surface area contributed by atoms with Crippen LogP contribution in [0.5, 0.6) is 11.5 Å². The van der Waals surface area contributed by atoms with E-state index in [1.54, 1.807) is 31.4 Å². The van der Waals surface area contributed by atoms with Crippen LogP contribution in [-0.4, -0.2) is 17.1 Å². The first kappa shape index (κ1) is 23.2. The maximum atomic E-state index is 9.76. The quantitative estimate of drug-likeness (QED) is 0.255. The normalized spacial score (nSPS) is 11.5. The van der Waals surface area contributed by atoms with Gasteiger partial charge in [-0.15, -0.1) is 0 Å². The Labute approximate surface area is 209 Å². The molecular formula is C25H18BrCl2N3O2. The van der Waals surface area contributed by atoms with Gasteiger partial charge >= 0.3 is 0 Å². The van der Waals surface area contributed by atoms with Crippen LogP contribution in [0.4, 0.5) is 0 Å². The minimum atomic E-state index is 0.281. The lowest BCUT2D eigenvalue weighted by atomic mass is 10.1. The lowest BCUT2D eigenvalue weighted by Crippen LogP contribution is -1.99. The van der Waals surface area contributed by atoms with Gasteiger partial charge in [0.05, 0.1) is 38.2 Å². The number of imidazole rings is 1. The molecule has 4 rings (SSSR count). The molecule has 3 aromatic carbocycles. The molecular weight excluding hydrogens is 525 g/mol. The Balaban J connectivity index is 1.63. The molecule has 0 amide bonds. The van der Waals surface area contributed by atoms with Gasteiger partial charge in [-0.25, -0.2) is 4.98 Å². The second kappa shape index (κ2) is 9.88. The second-order valence-electron chi connectivity index (χ2n) is 7.35. The number of methoxy groups -OCH3 is 1. The Hall–Kier alpha value is -2.98. The van der Waals surface area contributed by atoms with Gasteiger partial charge in [-0.1, -0.05) is 35.3 Å². The fourth-order valence-corrected chi connectivity index (χ4v) is 4.21. The molecule has 0 spiro atoms.